The number of halogens is 3. The first-order chi connectivity index (χ1) is 10.8. The van der Waals surface area contributed by atoms with Gasteiger partial charge in [-0.2, -0.15) is 0 Å². The monoisotopic (exact) mass is 327 g/mol. The average Bonchev–Trinajstić information content (AvgIpc) is 3.03. The number of carbonyl (C=O) groups excluding carboxylic acids is 1. The van der Waals surface area contributed by atoms with Gasteiger partial charge in [-0.3, -0.25) is 4.79 Å². The molecule has 0 unspecified atom stereocenters. The van der Waals surface area contributed by atoms with Crippen LogP contribution in [-0.4, -0.2) is 40.8 Å². The molecule has 8 heteroatoms. The number of nitrogens with one attached hydrogen (secondary N) is 1. The van der Waals surface area contributed by atoms with E-state index in [9.17, 15) is 18.0 Å². The molecule has 1 saturated heterocycles. The molecule has 0 radical (unpaired) electrons. The summed E-state index contributed by atoms with van der Waals surface area (Å²) in [5.41, 5.74) is 6.53. The summed E-state index contributed by atoms with van der Waals surface area (Å²) in [6.45, 7) is 2.39. The van der Waals surface area contributed by atoms with Crippen molar-refractivity contribution in [1.29, 1.82) is 0 Å². The number of fused-ring (bicyclic) bond motifs is 1. The van der Waals surface area contributed by atoms with E-state index in [2.05, 4.69) is 9.72 Å². The molecular weight excluding hydrogens is 311 g/mol. The number of nitrogens with zero attached hydrogens (tertiary/aromatic N) is 1. The lowest BCUT2D eigenvalue weighted by molar-refractivity contribution is -0.274. The van der Waals surface area contributed by atoms with Crippen molar-refractivity contribution in [2.45, 2.75) is 31.8 Å². The summed E-state index contributed by atoms with van der Waals surface area (Å²) in [6, 6.07) is 5.42. The molecule has 3 rings (SSSR count). The molecule has 5 nitrogen and oxygen atoms in total. The minimum atomic E-state index is -4.79. The molecule has 1 aliphatic heterocycles. The normalized spacial score (nSPS) is 21.9. The van der Waals surface area contributed by atoms with Crippen LogP contribution in [0, 0.1) is 0 Å². The van der Waals surface area contributed by atoms with Crippen LogP contribution in [0.1, 0.15) is 23.8 Å². The van der Waals surface area contributed by atoms with Crippen molar-refractivity contribution in [3.05, 3.63) is 30.0 Å². The number of rotatable bonds is 2. The van der Waals surface area contributed by atoms with Crippen molar-refractivity contribution >= 4 is 16.8 Å². The van der Waals surface area contributed by atoms with Gasteiger partial charge in [0.15, 0.2) is 0 Å². The molecule has 2 aromatic rings. The first-order valence-electron chi connectivity index (χ1n) is 7.20. The van der Waals surface area contributed by atoms with E-state index in [0.717, 1.165) is 0 Å². The highest BCUT2D eigenvalue weighted by atomic mass is 19.4. The number of likely N-dealkylation sites (tertiary alicyclic amines) is 1. The molecule has 0 bridgehead atoms. The molecule has 1 aromatic heterocycles. The third kappa shape index (κ3) is 2.98. The van der Waals surface area contributed by atoms with Gasteiger partial charge in [-0.1, -0.05) is 6.07 Å². The molecule has 0 saturated carbocycles. The Kier molecular flexibility index (Phi) is 3.71. The molecule has 1 aromatic carbocycles. The number of nitrogens with two attached hydrogens (primary N) is 1. The van der Waals surface area contributed by atoms with Crippen molar-refractivity contribution < 1.29 is 22.7 Å². The van der Waals surface area contributed by atoms with Crippen molar-refractivity contribution in [2.75, 3.05) is 6.54 Å². The molecule has 1 amide bonds. The number of aromatic amines is 1. The predicted octanol–water partition coefficient (Wildman–Crippen LogP) is 2.63. The Labute approximate surface area is 130 Å². The average molecular weight is 327 g/mol. The van der Waals surface area contributed by atoms with E-state index in [0.29, 0.717) is 18.5 Å². The molecule has 1 fully saturated rings. The van der Waals surface area contributed by atoms with E-state index in [4.69, 9.17) is 5.73 Å². The second-order valence-electron chi connectivity index (χ2n) is 5.64. The summed E-state index contributed by atoms with van der Waals surface area (Å²) < 4.78 is 41.4. The second-order valence-corrected chi connectivity index (χ2v) is 5.64. The number of H-pyrrole nitrogens is 1. The maximum Gasteiger partial charge on any atom is 0.573 e. The van der Waals surface area contributed by atoms with Crippen LogP contribution in [0.15, 0.2) is 24.3 Å². The van der Waals surface area contributed by atoms with Gasteiger partial charge in [-0.25, -0.2) is 0 Å². The number of carbonyl (C=O) groups is 1. The zero-order chi connectivity index (χ0) is 16.8. The van der Waals surface area contributed by atoms with Crippen LogP contribution in [0.3, 0.4) is 0 Å². The maximum absolute atomic E-state index is 12.5. The number of hydrogen-bond donors (Lipinski definition) is 2. The molecule has 2 heterocycles. The fourth-order valence-corrected chi connectivity index (χ4v) is 2.86. The third-order valence-electron chi connectivity index (χ3n) is 4.16. The van der Waals surface area contributed by atoms with E-state index in [1.165, 1.54) is 18.2 Å². The summed E-state index contributed by atoms with van der Waals surface area (Å²) in [5.74, 6) is -0.615. The Hall–Kier alpha value is -2.22. The van der Waals surface area contributed by atoms with E-state index < -0.39 is 6.36 Å². The van der Waals surface area contributed by atoms with E-state index in [1.54, 1.807) is 11.0 Å². The van der Waals surface area contributed by atoms with E-state index in [1.807, 2.05) is 6.92 Å². The highest BCUT2D eigenvalue weighted by Crippen LogP contribution is 2.31. The Morgan fingerprint density at radius 2 is 2.17 bits per heavy atom. The smallest absolute Gasteiger partial charge is 0.405 e. The summed E-state index contributed by atoms with van der Waals surface area (Å²) in [6.07, 6.45) is -4.08. The van der Waals surface area contributed by atoms with Crippen molar-refractivity contribution in [3.63, 3.8) is 0 Å². The summed E-state index contributed by atoms with van der Waals surface area (Å²) >= 11 is 0. The minimum Gasteiger partial charge on any atom is -0.405 e. The van der Waals surface area contributed by atoms with Gasteiger partial charge in [0.1, 0.15) is 11.4 Å². The van der Waals surface area contributed by atoms with E-state index >= 15 is 0 Å². The molecule has 124 valence electrons. The Balaban J connectivity index is 1.94. The molecule has 3 N–H and O–H groups in total. The van der Waals surface area contributed by atoms with E-state index in [-0.39, 0.29) is 34.8 Å². The Bertz CT molecular complexity index is 741. The minimum absolute atomic E-state index is 0.0903. The van der Waals surface area contributed by atoms with Crippen LogP contribution >= 0.6 is 0 Å². The van der Waals surface area contributed by atoms with Gasteiger partial charge in [0.2, 0.25) is 0 Å². The number of benzene rings is 1. The third-order valence-corrected chi connectivity index (χ3v) is 4.16. The summed E-state index contributed by atoms with van der Waals surface area (Å²) in [7, 11) is 0. The standard InChI is InChI=1S/C15H16F3N3O2/c1-8-10(19)5-6-21(8)14(22)12-7-9-11(20-12)3-2-4-13(9)23-15(16,17)18/h2-4,7-8,10,20H,5-6,19H2,1H3/t8-,10-/m0/s1. The van der Waals surface area contributed by atoms with Crippen LogP contribution in [0.25, 0.3) is 10.9 Å². The van der Waals surface area contributed by atoms with Gasteiger partial charge in [0.25, 0.3) is 5.91 Å². The highest BCUT2D eigenvalue weighted by molar-refractivity contribution is 6.00. The van der Waals surface area contributed by atoms with Crippen LogP contribution in [0.2, 0.25) is 0 Å². The largest absolute Gasteiger partial charge is 0.573 e. The van der Waals surface area contributed by atoms with Crippen LogP contribution in [-0.2, 0) is 0 Å². The number of amides is 1. The van der Waals surface area contributed by atoms with Crippen molar-refractivity contribution in [2.24, 2.45) is 5.73 Å². The topological polar surface area (TPSA) is 71.3 Å². The van der Waals surface area contributed by atoms with Crippen molar-refractivity contribution in [1.82, 2.24) is 9.88 Å². The number of ether oxygens (including phenoxy) is 1. The molecule has 1 aliphatic rings. The van der Waals surface area contributed by atoms with Crippen molar-refractivity contribution in [3.8, 4) is 5.75 Å². The maximum atomic E-state index is 12.5. The lowest BCUT2D eigenvalue weighted by Crippen LogP contribution is -2.40. The first kappa shape index (κ1) is 15.7. The fraction of sp³-hybridized carbons (Fsp3) is 0.400. The van der Waals surface area contributed by atoms with Gasteiger partial charge in [0.05, 0.1) is 0 Å². The van der Waals surface area contributed by atoms with Gasteiger partial charge in [0, 0.05) is 29.5 Å². The molecule has 23 heavy (non-hydrogen) atoms. The molecule has 0 aliphatic carbocycles. The lowest BCUT2D eigenvalue weighted by atomic mass is 10.1. The Morgan fingerprint density at radius 1 is 1.43 bits per heavy atom. The predicted molar refractivity (Wildman–Crippen MR) is 78.1 cm³/mol. The number of aromatic nitrogens is 1. The first-order valence-corrected chi connectivity index (χ1v) is 7.20. The SMILES string of the molecule is C[C@H]1[C@@H](N)CCN1C(=O)c1cc2c(OC(F)(F)F)cccc2[nH]1. The number of hydrogen-bond acceptors (Lipinski definition) is 3. The van der Waals surface area contributed by atoms with Crippen LogP contribution in [0.5, 0.6) is 5.75 Å². The van der Waals surface area contributed by atoms with Crippen LogP contribution in [0.4, 0.5) is 13.2 Å². The van der Waals surface area contributed by atoms with Gasteiger partial charge in [-0.15, -0.1) is 13.2 Å². The molecular formula is C15H16F3N3O2. The highest BCUT2D eigenvalue weighted by Gasteiger charge is 2.34. The molecule has 2 atom stereocenters. The van der Waals surface area contributed by atoms with Crippen LogP contribution < -0.4 is 10.5 Å². The van der Waals surface area contributed by atoms with Gasteiger partial charge in [-0.05, 0) is 31.5 Å². The number of alkyl halides is 3. The second kappa shape index (κ2) is 5.45. The summed E-state index contributed by atoms with van der Waals surface area (Å²) in [4.78, 5) is 17.0. The fourth-order valence-electron chi connectivity index (χ4n) is 2.86. The zero-order valence-corrected chi connectivity index (χ0v) is 12.4. The van der Waals surface area contributed by atoms with Gasteiger partial charge >= 0.3 is 6.36 Å². The zero-order valence-electron chi connectivity index (χ0n) is 12.4. The molecule has 0 spiro atoms. The Morgan fingerprint density at radius 3 is 2.78 bits per heavy atom. The summed E-state index contributed by atoms with van der Waals surface area (Å²) in [5, 5.41) is 0.212. The lowest BCUT2D eigenvalue weighted by Gasteiger charge is -2.22. The van der Waals surface area contributed by atoms with Gasteiger partial charge < -0.3 is 20.4 Å². The quantitative estimate of drug-likeness (QED) is 0.891.